The van der Waals surface area contributed by atoms with Crippen LogP contribution >= 0.6 is 0 Å². The number of nitrogens with zero attached hydrogens (tertiary/aromatic N) is 1. The molecule has 3 atom stereocenters. The second-order valence-corrected chi connectivity index (χ2v) is 7.74. The fraction of sp³-hybridized carbons (Fsp3) is 1.00. The molecule has 0 aromatic heterocycles. The second kappa shape index (κ2) is 4.17. The Hall–Kier alpha value is -0.160. The van der Waals surface area contributed by atoms with Crippen molar-refractivity contribution in [3.05, 3.63) is 0 Å². The highest BCUT2D eigenvalue weighted by atomic mass is 16.5. The van der Waals surface area contributed by atoms with E-state index in [1.165, 1.54) is 0 Å². The van der Waals surface area contributed by atoms with Crippen molar-refractivity contribution in [3.63, 3.8) is 0 Å². The Morgan fingerprint density at radius 2 is 1.95 bits per heavy atom. The molecule has 2 saturated heterocycles. The van der Waals surface area contributed by atoms with Crippen LogP contribution in [0.3, 0.4) is 0 Å². The maximum Gasteiger partial charge on any atom is 0.0691 e. The third-order valence-electron chi connectivity index (χ3n) is 5.93. The first kappa shape index (κ1) is 13.8. The zero-order valence-corrected chi connectivity index (χ0v) is 12.7. The molecule has 0 spiro atoms. The van der Waals surface area contributed by atoms with Crippen molar-refractivity contribution in [2.75, 3.05) is 32.9 Å². The van der Waals surface area contributed by atoms with E-state index in [1.807, 2.05) is 0 Å². The maximum atomic E-state index is 6.86. The van der Waals surface area contributed by atoms with Crippen molar-refractivity contribution in [2.45, 2.75) is 51.3 Å². The van der Waals surface area contributed by atoms with Gasteiger partial charge in [0.2, 0.25) is 0 Å². The van der Waals surface area contributed by atoms with E-state index >= 15 is 0 Å². The van der Waals surface area contributed by atoms with Crippen molar-refractivity contribution in [1.29, 1.82) is 0 Å². The fourth-order valence-electron chi connectivity index (χ4n) is 4.30. The van der Waals surface area contributed by atoms with E-state index in [0.717, 1.165) is 39.3 Å². The van der Waals surface area contributed by atoms with Gasteiger partial charge in [-0.15, -0.1) is 0 Å². The maximum absolute atomic E-state index is 6.86. The predicted octanol–water partition coefficient (Wildman–Crippen LogP) is 1.24. The van der Waals surface area contributed by atoms with E-state index in [0.29, 0.717) is 12.0 Å². The van der Waals surface area contributed by atoms with Crippen LogP contribution in [0.15, 0.2) is 0 Å². The number of hydrogen-bond donors (Lipinski definition) is 1. The fourth-order valence-corrected chi connectivity index (χ4v) is 4.30. The average molecular weight is 268 g/mol. The van der Waals surface area contributed by atoms with Gasteiger partial charge in [-0.05, 0) is 20.3 Å². The minimum Gasteiger partial charge on any atom is -0.378 e. The summed E-state index contributed by atoms with van der Waals surface area (Å²) in [6.07, 6.45) is 1.48. The van der Waals surface area contributed by atoms with Crippen LogP contribution in [0.1, 0.15) is 34.1 Å². The largest absolute Gasteiger partial charge is 0.378 e. The lowest BCUT2D eigenvalue weighted by molar-refractivity contribution is -0.177. The van der Waals surface area contributed by atoms with E-state index in [9.17, 15) is 0 Å². The van der Waals surface area contributed by atoms with E-state index < -0.39 is 0 Å². The molecule has 0 amide bonds. The first-order valence-electron chi connectivity index (χ1n) is 7.52. The van der Waals surface area contributed by atoms with Crippen molar-refractivity contribution in [3.8, 4) is 0 Å². The van der Waals surface area contributed by atoms with Gasteiger partial charge in [-0.1, -0.05) is 13.8 Å². The molecule has 2 N–H and O–H groups in total. The van der Waals surface area contributed by atoms with Crippen LogP contribution in [0.5, 0.6) is 0 Å². The molecule has 3 unspecified atom stereocenters. The van der Waals surface area contributed by atoms with Gasteiger partial charge in [-0.25, -0.2) is 0 Å². The smallest absolute Gasteiger partial charge is 0.0691 e. The number of ether oxygens (including phenoxy) is 2. The summed E-state index contributed by atoms with van der Waals surface area (Å²) in [6.45, 7) is 13.5. The lowest BCUT2D eigenvalue weighted by Crippen LogP contribution is -2.79. The quantitative estimate of drug-likeness (QED) is 0.818. The van der Waals surface area contributed by atoms with Crippen LogP contribution in [0, 0.1) is 11.3 Å². The van der Waals surface area contributed by atoms with Gasteiger partial charge in [-0.3, -0.25) is 4.90 Å². The molecule has 3 fully saturated rings. The lowest BCUT2D eigenvalue weighted by atomic mass is 9.48. The van der Waals surface area contributed by atoms with Gasteiger partial charge in [0.25, 0.3) is 0 Å². The molecule has 4 nitrogen and oxygen atoms in total. The lowest BCUT2D eigenvalue weighted by Gasteiger charge is -2.64. The van der Waals surface area contributed by atoms with Gasteiger partial charge in [0, 0.05) is 42.1 Å². The van der Waals surface area contributed by atoms with Crippen LogP contribution in [0.25, 0.3) is 0 Å². The SMILES string of the molecule is CC1(C)COCCN1CC1(N)C2CCOC2C1(C)C. The number of rotatable bonds is 2. The topological polar surface area (TPSA) is 47.7 Å². The number of fused-ring (bicyclic) bond motifs is 1. The molecular weight excluding hydrogens is 240 g/mol. The summed E-state index contributed by atoms with van der Waals surface area (Å²) in [5.41, 5.74) is 6.89. The van der Waals surface area contributed by atoms with Crippen molar-refractivity contribution < 1.29 is 9.47 Å². The summed E-state index contributed by atoms with van der Waals surface area (Å²) in [4.78, 5) is 2.52. The molecule has 4 heteroatoms. The summed E-state index contributed by atoms with van der Waals surface area (Å²) >= 11 is 0. The van der Waals surface area contributed by atoms with E-state index in [4.69, 9.17) is 15.2 Å². The Balaban J connectivity index is 1.78. The zero-order valence-electron chi connectivity index (χ0n) is 12.7. The van der Waals surface area contributed by atoms with Gasteiger partial charge >= 0.3 is 0 Å². The van der Waals surface area contributed by atoms with E-state index in [1.54, 1.807) is 0 Å². The van der Waals surface area contributed by atoms with Crippen LogP contribution in [0.4, 0.5) is 0 Å². The third kappa shape index (κ3) is 1.80. The summed E-state index contributed by atoms with van der Waals surface area (Å²) in [5.74, 6) is 0.529. The summed E-state index contributed by atoms with van der Waals surface area (Å²) < 4.78 is 11.5. The normalized spacial score (nSPS) is 44.7. The minimum absolute atomic E-state index is 0.0720. The summed E-state index contributed by atoms with van der Waals surface area (Å²) in [5, 5.41) is 0. The van der Waals surface area contributed by atoms with Crippen molar-refractivity contribution in [1.82, 2.24) is 4.90 Å². The Kier molecular flexibility index (Phi) is 3.03. The second-order valence-electron chi connectivity index (χ2n) is 7.74. The van der Waals surface area contributed by atoms with Crippen LogP contribution in [-0.2, 0) is 9.47 Å². The Labute approximate surface area is 116 Å². The van der Waals surface area contributed by atoms with E-state index in [-0.39, 0.29) is 16.5 Å². The first-order chi connectivity index (χ1) is 8.79. The Bertz CT molecular complexity index is 369. The monoisotopic (exact) mass is 268 g/mol. The molecule has 2 aliphatic heterocycles. The molecule has 3 rings (SSSR count). The van der Waals surface area contributed by atoms with E-state index in [2.05, 4.69) is 32.6 Å². The molecule has 0 bridgehead atoms. The standard InChI is InChI=1S/C15H28N2O2/c1-13(2)10-18-8-6-17(13)9-15(16)11-5-7-19-12(11)14(15,3)4/h11-12H,5-10,16H2,1-4H3. The van der Waals surface area contributed by atoms with Gasteiger partial charge in [-0.2, -0.15) is 0 Å². The average Bonchev–Trinajstić information content (AvgIpc) is 2.79. The molecular formula is C15H28N2O2. The minimum atomic E-state index is -0.122. The summed E-state index contributed by atoms with van der Waals surface area (Å²) in [7, 11) is 0. The Morgan fingerprint density at radius 3 is 2.63 bits per heavy atom. The van der Waals surface area contributed by atoms with Crippen LogP contribution < -0.4 is 5.73 Å². The van der Waals surface area contributed by atoms with Gasteiger partial charge in [0.15, 0.2) is 0 Å². The molecule has 110 valence electrons. The van der Waals surface area contributed by atoms with Crippen molar-refractivity contribution >= 4 is 0 Å². The molecule has 1 saturated carbocycles. The third-order valence-corrected chi connectivity index (χ3v) is 5.93. The highest BCUT2D eigenvalue weighted by molar-refractivity contribution is 5.22. The van der Waals surface area contributed by atoms with Gasteiger partial charge < -0.3 is 15.2 Å². The predicted molar refractivity (Wildman–Crippen MR) is 75.0 cm³/mol. The summed E-state index contributed by atoms with van der Waals surface area (Å²) in [6, 6.07) is 0. The molecule has 1 aliphatic carbocycles. The number of morpholine rings is 1. The Morgan fingerprint density at radius 1 is 1.21 bits per heavy atom. The van der Waals surface area contributed by atoms with Gasteiger partial charge in [0.1, 0.15) is 0 Å². The van der Waals surface area contributed by atoms with Crippen LogP contribution in [-0.4, -0.2) is 55.0 Å². The van der Waals surface area contributed by atoms with Crippen LogP contribution in [0.2, 0.25) is 0 Å². The highest BCUT2D eigenvalue weighted by Crippen LogP contribution is 2.58. The zero-order chi connectivity index (χ0) is 13.9. The van der Waals surface area contributed by atoms with Crippen molar-refractivity contribution in [2.24, 2.45) is 17.1 Å². The molecule has 0 aromatic rings. The molecule has 3 aliphatic rings. The number of nitrogens with two attached hydrogens (primary N) is 1. The molecule has 2 heterocycles. The van der Waals surface area contributed by atoms with Gasteiger partial charge in [0.05, 0.1) is 19.3 Å². The first-order valence-corrected chi connectivity index (χ1v) is 7.52. The molecule has 19 heavy (non-hydrogen) atoms. The molecule has 0 aromatic carbocycles. The number of hydrogen-bond acceptors (Lipinski definition) is 4. The highest BCUT2D eigenvalue weighted by Gasteiger charge is 2.68. The molecule has 0 radical (unpaired) electrons.